The van der Waals surface area contributed by atoms with E-state index < -0.39 is 22.9 Å². The van der Waals surface area contributed by atoms with Crippen LogP contribution in [0.2, 0.25) is 0 Å². The van der Waals surface area contributed by atoms with Gasteiger partial charge in [0.15, 0.2) is 5.16 Å². The number of hydrogen-bond acceptors (Lipinski definition) is 5. The lowest BCUT2D eigenvalue weighted by Crippen LogP contribution is -2.23. The standard InChI is InChI=1S/C18H20F3N3O2S2/c1-3-8-27-10-14-9-15(25)24-17(23-14)28-11(2)16(26)22-13-6-4-12(5-7-13)18(19,20)21/h4-7,9,11H,3,8,10H2,1-2H3,(H,22,26)(H,23,24,25). The van der Waals surface area contributed by atoms with Gasteiger partial charge in [-0.2, -0.15) is 24.9 Å². The Hall–Kier alpha value is -1.94. The summed E-state index contributed by atoms with van der Waals surface area (Å²) < 4.78 is 37.8. The van der Waals surface area contributed by atoms with Crippen molar-refractivity contribution in [1.82, 2.24) is 9.97 Å². The Morgan fingerprint density at radius 2 is 1.96 bits per heavy atom. The number of nitrogens with one attached hydrogen (secondary N) is 2. The Kier molecular flexibility index (Phi) is 7.99. The summed E-state index contributed by atoms with van der Waals surface area (Å²) in [6, 6.07) is 5.64. The van der Waals surface area contributed by atoms with Gasteiger partial charge in [0, 0.05) is 17.5 Å². The molecule has 1 aromatic carbocycles. The van der Waals surface area contributed by atoms with Crippen LogP contribution in [0.15, 0.2) is 40.3 Å². The fourth-order valence-corrected chi connectivity index (χ4v) is 3.76. The summed E-state index contributed by atoms with van der Waals surface area (Å²) in [5.41, 5.74) is -0.177. The number of benzene rings is 1. The molecule has 5 nitrogen and oxygen atoms in total. The average Bonchev–Trinajstić information content (AvgIpc) is 2.61. The quantitative estimate of drug-likeness (QED) is 0.364. The zero-order chi connectivity index (χ0) is 20.7. The van der Waals surface area contributed by atoms with Crippen molar-refractivity contribution in [3.63, 3.8) is 0 Å². The summed E-state index contributed by atoms with van der Waals surface area (Å²) >= 11 is 2.75. The van der Waals surface area contributed by atoms with Crippen LogP contribution in [-0.2, 0) is 16.7 Å². The van der Waals surface area contributed by atoms with Gasteiger partial charge >= 0.3 is 6.18 Å². The number of alkyl halides is 3. The number of nitrogens with zero attached hydrogens (tertiary/aromatic N) is 1. The van der Waals surface area contributed by atoms with Gasteiger partial charge in [-0.25, -0.2) is 4.98 Å². The number of H-pyrrole nitrogens is 1. The Balaban J connectivity index is 1.99. The van der Waals surface area contributed by atoms with Gasteiger partial charge in [-0.3, -0.25) is 9.59 Å². The van der Waals surface area contributed by atoms with Gasteiger partial charge in [-0.1, -0.05) is 18.7 Å². The van der Waals surface area contributed by atoms with E-state index in [0.717, 1.165) is 36.1 Å². The summed E-state index contributed by atoms with van der Waals surface area (Å²) in [6.07, 6.45) is -3.40. The number of amides is 1. The van der Waals surface area contributed by atoms with Crippen molar-refractivity contribution in [2.45, 2.75) is 42.6 Å². The van der Waals surface area contributed by atoms with E-state index in [0.29, 0.717) is 16.6 Å². The molecule has 0 saturated carbocycles. The highest BCUT2D eigenvalue weighted by Gasteiger charge is 2.30. The summed E-state index contributed by atoms with van der Waals surface area (Å²) in [5, 5.41) is 2.28. The van der Waals surface area contributed by atoms with Crippen molar-refractivity contribution in [1.29, 1.82) is 0 Å². The molecule has 152 valence electrons. The van der Waals surface area contributed by atoms with E-state index in [2.05, 4.69) is 22.2 Å². The van der Waals surface area contributed by atoms with Crippen molar-refractivity contribution in [3.8, 4) is 0 Å². The number of thioether (sulfide) groups is 2. The van der Waals surface area contributed by atoms with Gasteiger partial charge in [0.25, 0.3) is 5.56 Å². The molecule has 0 aliphatic heterocycles. The van der Waals surface area contributed by atoms with E-state index in [9.17, 15) is 22.8 Å². The van der Waals surface area contributed by atoms with E-state index in [1.54, 1.807) is 18.7 Å². The largest absolute Gasteiger partial charge is 0.416 e. The highest BCUT2D eigenvalue weighted by molar-refractivity contribution is 8.00. The highest BCUT2D eigenvalue weighted by atomic mass is 32.2. The van der Waals surface area contributed by atoms with Crippen LogP contribution in [0.25, 0.3) is 0 Å². The van der Waals surface area contributed by atoms with E-state index >= 15 is 0 Å². The fraction of sp³-hybridized carbons (Fsp3) is 0.389. The minimum Gasteiger partial charge on any atom is -0.325 e. The minimum atomic E-state index is -4.43. The molecule has 0 radical (unpaired) electrons. The SMILES string of the molecule is CCCSCc1cc(=O)[nH]c(SC(C)C(=O)Nc2ccc(C(F)(F)F)cc2)n1. The summed E-state index contributed by atoms with van der Waals surface area (Å²) in [4.78, 5) is 31.0. The second kappa shape index (κ2) is 10.0. The molecule has 0 aliphatic carbocycles. The number of anilines is 1. The molecule has 1 heterocycles. The second-order valence-corrected chi connectivity index (χ2v) is 8.35. The first-order chi connectivity index (χ1) is 13.2. The highest BCUT2D eigenvalue weighted by Crippen LogP contribution is 2.30. The third-order valence-electron chi connectivity index (χ3n) is 3.51. The number of hydrogen-bond donors (Lipinski definition) is 2. The van der Waals surface area contributed by atoms with Crippen LogP contribution in [0.5, 0.6) is 0 Å². The number of aromatic nitrogens is 2. The topological polar surface area (TPSA) is 74.8 Å². The number of carbonyl (C=O) groups excluding carboxylic acids is 1. The molecule has 2 aromatic rings. The normalized spacial score (nSPS) is 12.6. The monoisotopic (exact) mass is 431 g/mol. The molecule has 0 spiro atoms. The van der Waals surface area contributed by atoms with E-state index in [1.807, 2.05) is 0 Å². The van der Waals surface area contributed by atoms with Crippen LogP contribution < -0.4 is 10.9 Å². The molecule has 2 N–H and O–H groups in total. The smallest absolute Gasteiger partial charge is 0.325 e. The first-order valence-corrected chi connectivity index (χ1v) is 10.5. The Labute approximate surface area is 168 Å². The predicted molar refractivity (Wildman–Crippen MR) is 107 cm³/mol. The summed E-state index contributed by atoms with van der Waals surface area (Å²) in [5.74, 6) is 1.17. The third-order valence-corrected chi connectivity index (χ3v) is 5.69. The Bertz CT molecular complexity index is 854. The third kappa shape index (κ3) is 6.90. The molecule has 28 heavy (non-hydrogen) atoms. The molecular formula is C18H20F3N3O2S2. The van der Waals surface area contributed by atoms with Gasteiger partial charge in [0.1, 0.15) is 0 Å². The van der Waals surface area contributed by atoms with Crippen molar-refractivity contribution in [2.75, 3.05) is 11.1 Å². The van der Waals surface area contributed by atoms with Crippen LogP contribution in [0.1, 0.15) is 31.5 Å². The zero-order valence-corrected chi connectivity index (χ0v) is 16.9. The van der Waals surface area contributed by atoms with Crippen molar-refractivity contribution >= 4 is 35.1 Å². The van der Waals surface area contributed by atoms with Gasteiger partial charge in [-0.05, 0) is 43.4 Å². The van der Waals surface area contributed by atoms with Crippen molar-refractivity contribution < 1.29 is 18.0 Å². The fourth-order valence-electron chi connectivity index (χ4n) is 2.14. The zero-order valence-electron chi connectivity index (χ0n) is 15.3. The maximum Gasteiger partial charge on any atom is 0.416 e. The lowest BCUT2D eigenvalue weighted by Gasteiger charge is -2.13. The van der Waals surface area contributed by atoms with Crippen LogP contribution in [-0.4, -0.2) is 26.9 Å². The number of halogens is 3. The molecule has 2 rings (SSSR count). The van der Waals surface area contributed by atoms with Crippen molar-refractivity contribution in [2.24, 2.45) is 0 Å². The lowest BCUT2D eigenvalue weighted by atomic mass is 10.2. The summed E-state index contributed by atoms with van der Waals surface area (Å²) in [6.45, 7) is 3.69. The lowest BCUT2D eigenvalue weighted by molar-refractivity contribution is -0.137. The molecule has 0 aliphatic rings. The molecule has 10 heteroatoms. The average molecular weight is 432 g/mol. The molecule has 1 unspecified atom stereocenters. The van der Waals surface area contributed by atoms with Crippen LogP contribution in [0.3, 0.4) is 0 Å². The molecule has 0 saturated heterocycles. The van der Waals surface area contributed by atoms with Gasteiger partial charge in [0.2, 0.25) is 5.91 Å². The molecule has 0 bridgehead atoms. The molecule has 0 fully saturated rings. The Morgan fingerprint density at radius 1 is 1.29 bits per heavy atom. The first-order valence-electron chi connectivity index (χ1n) is 8.51. The van der Waals surface area contributed by atoms with E-state index in [-0.39, 0.29) is 11.2 Å². The molecular weight excluding hydrogens is 411 g/mol. The van der Waals surface area contributed by atoms with E-state index in [1.165, 1.54) is 18.2 Å². The maximum absolute atomic E-state index is 12.6. The van der Waals surface area contributed by atoms with Crippen molar-refractivity contribution in [3.05, 3.63) is 51.9 Å². The maximum atomic E-state index is 12.6. The minimum absolute atomic E-state index is 0.261. The molecule has 1 aromatic heterocycles. The van der Waals surface area contributed by atoms with E-state index in [4.69, 9.17) is 0 Å². The van der Waals surface area contributed by atoms with Crippen LogP contribution in [0, 0.1) is 0 Å². The number of aromatic amines is 1. The van der Waals surface area contributed by atoms with Gasteiger partial charge in [-0.15, -0.1) is 0 Å². The number of rotatable bonds is 8. The molecule has 1 amide bonds. The van der Waals surface area contributed by atoms with Crippen LogP contribution in [0.4, 0.5) is 18.9 Å². The van der Waals surface area contributed by atoms with Gasteiger partial charge < -0.3 is 10.3 Å². The number of carbonyl (C=O) groups is 1. The molecule has 1 atom stereocenters. The Morgan fingerprint density at radius 3 is 2.57 bits per heavy atom. The van der Waals surface area contributed by atoms with Gasteiger partial charge in [0.05, 0.1) is 16.5 Å². The van der Waals surface area contributed by atoms with Crippen LogP contribution >= 0.6 is 23.5 Å². The predicted octanol–water partition coefficient (Wildman–Crippen LogP) is 4.55. The summed E-state index contributed by atoms with van der Waals surface area (Å²) in [7, 11) is 0. The second-order valence-electron chi connectivity index (χ2n) is 5.92. The first kappa shape index (κ1) is 22.4.